The van der Waals surface area contributed by atoms with Gasteiger partial charge in [0.15, 0.2) is 0 Å². The largest absolute Gasteiger partial charge is 0.481 e. The Morgan fingerprint density at radius 2 is 2.04 bits per heavy atom. The molecule has 2 bridgehead atoms. The predicted octanol–water partition coefficient (Wildman–Crippen LogP) is 4.09. The van der Waals surface area contributed by atoms with Crippen LogP contribution in [0, 0.1) is 11.8 Å². The number of hydrogen-bond donors (Lipinski definition) is 2. The van der Waals surface area contributed by atoms with E-state index in [0.29, 0.717) is 30.5 Å². The van der Waals surface area contributed by atoms with Crippen molar-refractivity contribution in [3.8, 4) is 0 Å². The monoisotopic (exact) mass is 336 g/mol. The summed E-state index contributed by atoms with van der Waals surface area (Å²) in [6.45, 7) is 2.17. The van der Waals surface area contributed by atoms with E-state index in [2.05, 4.69) is 25.2 Å². The van der Waals surface area contributed by atoms with E-state index in [0.717, 1.165) is 32.1 Å². The zero-order valence-corrected chi connectivity index (χ0v) is 14.8. The third-order valence-electron chi connectivity index (χ3n) is 5.21. The van der Waals surface area contributed by atoms with Gasteiger partial charge in [0.1, 0.15) is 0 Å². The lowest BCUT2D eigenvalue weighted by Crippen LogP contribution is -2.29. The molecule has 3 rings (SSSR count). The average molecular weight is 336 g/mol. The first-order chi connectivity index (χ1) is 11.6. The molecule has 136 valence electrons. The van der Waals surface area contributed by atoms with Crippen molar-refractivity contribution in [1.82, 2.24) is 0 Å². The van der Waals surface area contributed by atoms with Crippen LogP contribution < -0.4 is 0 Å². The fourth-order valence-electron chi connectivity index (χ4n) is 3.76. The zero-order chi connectivity index (χ0) is 17.4. The molecule has 2 heterocycles. The number of aliphatic hydroxyl groups excluding tert-OH is 1. The molecular weight excluding hydrogens is 304 g/mol. The maximum atomic E-state index is 10.5. The number of aliphatic hydroxyl groups is 1. The van der Waals surface area contributed by atoms with E-state index in [1.165, 1.54) is 12.8 Å². The molecule has 0 radical (unpaired) electrons. The zero-order valence-electron chi connectivity index (χ0n) is 14.8. The summed E-state index contributed by atoms with van der Waals surface area (Å²) in [5.74, 6) is 0.195. The quantitative estimate of drug-likeness (QED) is 0.416. The van der Waals surface area contributed by atoms with Crippen LogP contribution in [-0.2, 0) is 9.53 Å². The number of carbonyl (C=O) groups is 1. The smallest absolute Gasteiger partial charge is 0.303 e. The van der Waals surface area contributed by atoms with Gasteiger partial charge in [-0.1, -0.05) is 50.5 Å². The van der Waals surface area contributed by atoms with E-state index in [-0.39, 0.29) is 12.5 Å². The van der Waals surface area contributed by atoms with Gasteiger partial charge in [0.25, 0.3) is 0 Å². The van der Waals surface area contributed by atoms with Crippen LogP contribution in [0.15, 0.2) is 24.3 Å². The standard InChI is InChI=1S/C20H32O4/c1-2-3-6-9-15(21)12-13-17-16(18-14-19(17)24-18)10-7-4-5-8-11-20(22)23/h4,7,12-13,15-19,21H,2-3,5-6,8-11,14H2,1H3,(H,22,23)/b7-4+,13-12-/t15-,16+,17+,18-,19-/m0/s1. The van der Waals surface area contributed by atoms with Gasteiger partial charge in [-0.2, -0.15) is 0 Å². The minimum Gasteiger partial charge on any atom is -0.481 e. The number of unbranched alkanes of at least 4 members (excludes halogenated alkanes) is 3. The average Bonchev–Trinajstić information content (AvgIpc) is 3.01. The molecule has 3 fully saturated rings. The molecule has 0 aromatic rings. The highest BCUT2D eigenvalue weighted by Gasteiger charge is 2.51. The number of hydrogen-bond acceptors (Lipinski definition) is 3. The van der Waals surface area contributed by atoms with Crippen LogP contribution >= 0.6 is 0 Å². The highest BCUT2D eigenvalue weighted by Crippen LogP contribution is 2.48. The van der Waals surface area contributed by atoms with E-state index in [4.69, 9.17) is 9.84 Å². The van der Waals surface area contributed by atoms with E-state index < -0.39 is 5.97 Å². The molecule has 1 saturated carbocycles. The number of fused-ring (bicyclic) bond motifs is 1. The van der Waals surface area contributed by atoms with Gasteiger partial charge >= 0.3 is 5.97 Å². The molecule has 0 unspecified atom stereocenters. The minimum atomic E-state index is -0.726. The normalized spacial score (nSPS) is 30.1. The molecule has 1 aliphatic carbocycles. The summed E-state index contributed by atoms with van der Waals surface area (Å²) in [6.07, 6.45) is 17.0. The summed E-state index contributed by atoms with van der Waals surface area (Å²) in [6, 6.07) is 0. The number of aliphatic carboxylic acids is 1. The molecular formula is C20H32O4. The van der Waals surface area contributed by atoms with Crippen molar-refractivity contribution in [3.05, 3.63) is 24.3 Å². The maximum absolute atomic E-state index is 10.5. The summed E-state index contributed by atoms with van der Waals surface area (Å²) in [7, 11) is 0. The summed E-state index contributed by atoms with van der Waals surface area (Å²) in [4.78, 5) is 10.5. The van der Waals surface area contributed by atoms with Crippen LogP contribution in [0.1, 0.15) is 64.7 Å². The highest BCUT2D eigenvalue weighted by atomic mass is 16.5. The van der Waals surface area contributed by atoms with E-state index >= 15 is 0 Å². The molecule has 0 aromatic heterocycles. The fraction of sp³-hybridized carbons (Fsp3) is 0.750. The lowest BCUT2D eigenvalue weighted by Gasteiger charge is -2.25. The number of carboxylic acids is 1. The van der Waals surface area contributed by atoms with Crippen molar-refractivity contribution in [2.45, 2.75) is 83.0 Å². The van der Waals surface area contributed by atoms with Gasteiger partial charge in [0, 0.05) is 18.8 Å². The summed E-state index contributed by atoms with van der Waals surface area (Å²) < 4.78 is 5.87. The number of ether oxygens (including phenoxy) is 1. The Hall–Kier alpha value is -1.13. The topological polar surface area (TPSA) is 66.8 Å². The van der Waals surface area contributed by atoms with Gasteiger partial charge < -0.3 is 14.9 Å². The second-order valence-electron chi connectivity index (χ2n) is 7.13. The van der Waals surface area contributed by atoms with E-state index in [1.54, 1.807) is 0 Å². The Bertz CT molecular complexity index is 437. The minimum absolute atomic E-state index is 0.239. The molecule has 5 atom stereocenters. The second-order valence-corrected chi connectivity index (χ2v) is 7.13. The van der Waals surface area contributed by atoms with Crippen molar-refractivity contribution in [3.63, 3.8) is 0 Å². The van der Waals surface area contributed by atoms with E-state index in [9.17, 15) is 9.90 Å². The molecule has 3 aliphatic rings. The van der Waals surface area contributed by atoms with Gasteiger partial charge in [-0.25, -0.2) is 0 Å². The van der Waals surface area contributed by atoms with Crippen molar-refractivity contribution in [2.75, 3.05) is 0 Å². The van der Waals surface area contributed by atoms with Crippen LogP contribution in [0.2, 0.25) is 0 Å². The molecule has 2 saturated heterocycles. The Morgan fingerprint density at radius 1 is 1.25 bits per heavy atom. The molecule has 24 heavy (non-hydrogen) atoms. The summed E-state index contributed by atoms with van der Waals surface area (Å²) in [5, 5.41) is 18.7. The Labute approximate surface area is 145 Å². The second kappa shape index (κ2) is 10.00. The van der Waals surface area contributed by atoms with E-state index in [1.807, 2.05) is 6.08 Å². The maximum Gasteiger partial charge on any atom is 0.303 e. The van der Waals surface area contributed by atoms with Crippen LogP contribution in [0.3, 0.4) is 0 Å². The Balaban J connectivity index is 1.72. The number of carboxylic acid groups (broad SMARTS) is 1. The third-order valence-corrected chi connectivity index (χ3v) is 5.21. The third kappa shape index (κ3) is 5.75. The van der Waals surface area contributed by atoms with Gasteiger partial charge in [0.2, 0.25) is 0 Å². The van der Waals surface area contributed by atoms with Gasteiger partial charge in [0.05, 0.1) is 18.3 Å². The first-order valence-corrected chi connectivity index (χ1v) is 9.50. The predicted molar refractivity (Wildman–Crippen MR) is 94.8 cm³/mol. The Morgan fingerprint density at radius 3 is 2.75 bits per heavy atom. The fourth-order valence-corrected chi connectivity index (χ4v) is 3.76. The molecule has 4 nitrogen and oxygen atoms in total. The van der Waals surface area contributed by atoms with Crippen molar-refractivity contribution in [2.24, 2.45) is 11.8 Å². The van der Waals surface area contributed by atoms with Crippen LogP contribution in [-0.4, -0.2) is 34.5 Å². The molecule has 4 heteroatoms. The van der Waals surface area contributed by atoms with Gasteiger partial charge in [-0.05, 0) is 31.6 Å². The van der Waals surface area contributed by atoms with Gasteiger partial charge in [-0.15, -0.1) is 0 Å². The lowest BCUT2D eigenvalue weighted by molar-refractivity contribution is -0.137. The highest BCUT2D eigenvalue weighted by molar-refractivity contribution is 5.66. The van der Waals surface area contributed by atoms with Crippen molar-refractivity contribution < 1.29 is 19.7 Å². The Kier molecular flexibility index (Phi) is 8.00. The number of allylic oxidation sites excluding steroid dienone is 2. The van der Waals surface area contributed by atoms with Crippen LogP contribution in [0.25, 0.3) is 0 Å². The van der Waals surface area contributed by atoms with Gasteiger partial charge in [-0.3, -0.25) is 4.79 Å². The van der Waals surface area contributed by atoms with Crippen LogP contribution in [0.5, 0.6) is 0 Å². The first-order valence-electron chi connectivity index (χ1n) is 9.50. The first kappa shape index (κ1) is 19.2. The van der Waals surface area contributed by atoms with Crippen molar-refractivity contribution in [1.29, 1.82) is 0 Å². The van der Waals surface area contributed by atoms with Crippen molar-refractivity contribution >= 4 is 5.97 Å². The summed E-state index contributed by atoms with van der Waals surface area (Å²) in [5.41, 5.74) is 0. The van der Waals surface area contributed by atoms with Crippen LogP contribution in [0.4, 0.5) is 0 Å². The lowest BCUT2D eigenvalue weighted by atomic mass is 9.91. The molecule has 2 N–H and O–H groups in total. The molecule has 0 spiro atoms. The summed E-state index contributed by atoms with van der Waals surface area (Å²) >= 11 is 0. The SMILES string of the molecule is CCCCC[C@H](O)/C=C\[C@@H]1[C@@H](C/C=C/CCCC(=O)O)[C@@H]2C[C@@H]1O2. The molecule has 0 aromatic carbocycles. The molecule has 2 aliphatic heterocycles. The molecule has 0 amide bonds. The number of rotatable bonds is 12.